The van der Waals surface area contributed by atoms with E-state index in [9.17, 15) is 21.6 Å². The molecule has 1 heterocycles. The van der Waals surface area contributed by atoms with Gasteiger partial charge in [0.05, 0.1) is 11.3 Å². The molecule has 0 radical (unpaired) electrons. The van der Waals surface area contributed by atoms with E-state index in [0.29, 0.717) is 5.56 Å². The number of anilines is 1. The molecule has 4 nitrogen and oxygen atoms in total. The summed E-state index contributed by atoms with van der Waals surface area (Å²) >= 11 is 0. The number of sulfonamides is 1. The summed E-state index contributed by atoms with van der Waals surface area (Å²) in [5.41, 5.74) is -0.0651. The molecular weight excluding hydrogens is 401 g/mol. The molecule has 150 valence electrons. The first kappa shape index (κ1) is 19.5. The first-order valence-corrected chi connectivity index (χ1v) is 10.3. The van der Waals surface area contributed by atoms with E-state index in [1.54, 1.807) is 48.5 Å². The van der Waals surface area contributed by atoms with Crippen molar-refractivity contribution in [1.29, 1.82) is 0 Å². The molecule has 0 aliphatic carbocycles. The van der Waals surface area contributed by atoms with Gasteiger partial charge in [-0.05, 0) is 23.8 Å². The normalized spacial score (nSPS) is 18.7. The lowest BCUT2D eigenvalue weighted by molar-refractivity contribution is -0.138. The summed E-state index contributed by atoms with van der Waals surface area (Å²) in [4.78, 5) is 0.0386. The predicted octanol–water partition coefficient (Wildman–Crippen LogP) is 5.02. The minimum Gasteiger partial charge on any atom is -0.364 e. The van der Waals surface area contributed by atoms with E-state index in [1.165, 1.54) is 24.3 Å². The molecule has 0 amide bonds. The molecule has 3 aromatic carbocycles. The number of nitrogens with zero attached hydrogens (tertiary/aromatic N) is 1. The summed E-state index contributed by atoms with van der Waals surface area (Å²) in [6.07, 6.45) is -5.81. The lowest BCUT2D eigenvalue weighted by atomic mass is 10.0. The van der Waals surface area contributed by atoms with E-state index < -0.39 is 27.9 Å². The maximum Gasteiger partial charge on any atom is 0.416 e. The highest BCUT2D eigenvalue weighted by atomic mass is 32.2. The van der Waals surface area contributed by atoms with Gasteiger partial charge in [0.2, 0.25) is 10.0 Å². The number of rotatable bonds is 3. The highest BCUT2D eigenvalue weighted by Crippen LogP contribution is 2.43. The van der Waals surface area contributed by atoms with Crippen molar-refractivity contribution in [3.05, 3.63) is 95.6 Å². The SMILES string of the molecule is O=S1(=O)c2ccccc2NC(c2ccccc2C(F)(F)F)N1Cc1ccccc1. The molecular formula is C21H17F3N2O2S. The number of halogens is 3. The summed E-state index contributed by atoms with van der Waals surface area (Å²) in [7, 11) is -4.04. The topological polar surface area (TPSA) is 49.4 Å². The van der Waals surface area contributed by atoms with Crippen molar-refractivity contribution >= 4 is 15.7 Å². The van der Waals surface area contributed by atoms with Crippen LogP contribution in [0.2, 0.25) is 0 Å². The molecule has 8 heteroatoms. The third-order valence-corrected chi connectivity index (χ3v) is 6.67. The summed E-state index contributed by atoms with van der Waals surface area (Å²) in [5, 5.41) is 3.00. The Kier molecular flexibility index (Phi) is 4.84. The number of hydrogen-bond acceptors (Lipinski definition) is 3. The molecule has 0 fully saturated rings. The first-order chi connectivity index (χ1) is 13.8. The van der Waals surface area contributed by atoms with Gasteiger partial charge in [0.15, 0.2) is 0 Å². The van der Waals surface area contributed by atoms with Crippen LogP contribution in [0.3, 0.4) is 0 Å². The Labute approximate surface area is 166 Å². The summed E-state index contributed by atoms with van der Waals surface area (Å²) < 4.78 is 68.7. The summed E-state index contributed by atoms with van der Waals surface area (Å²) in [5.74, 6) is 0. The second kappa shape index (κ2) is 7.20. The minimum atomic E-state index is -4.61. The van der Waals surface area contributed by atoms with Crippen molar-refractivity contribution in [3.8, 4) is 0 Å². The van der Waals surface area contributed by atoms with Crippen molar-refractivity contribution in [2.24, 2.45) is 0 Å². The molecule has 1 N–H and O–H groups in total. The van der Waals surface area contributed by atoms with Crippen LogP contribution >= 0.6 is 0 Å². The average Bonchev–Trinajstić information content (AvgIpc) is 2.70. The number of para-hydroxylation sites is 1. The zero-order valence-electron chi connectivity index (χ0n) is 15.1. The van der Waals surface area contributed by atoms with Crippen LogP contribution in [-0.2, 0) is 22.7 Å². The molecule has 3 aromatic rings. The van der Waals surface area contributed by atoms with Crippen LogP contribution in [0.25, 0.3) is 0 Å². The van der Waals surface area contributed by atoms with Crippen molar-refractivity contribution in [3.63, 3.8) is 0 Å². The minimum absolute atomic E-state index is 0.0386. The molecule has 0 aromatic heterocycles. The quantitative estimate of drug-likeness (QED) is 0.650. The molecule has 0 spiro atoms. The van der Waals surface area contributed by atoms with Gasteiger partial charge in [0.25, 0.3) is 0 Å². The first-order valence-electron chi connectivity index (χ1n) is 8.86. The fourth-order valence-electron chi connectivity index (χ4n) is 3.46. The van der Waals surface area contributed by atoms with E-state index in [0.717, 1.165) is 10.4 Å². The Balaban J connectivity index is 1.90. The van der Waals surface area contributed by atoms with E-state index in [-0.39, 0.29) is 22.7 Å². The summed E-state index contributed by atoms with van der Waals surface area (Å²) in [6.45, 7) is -0.0681. The highest BCUT2D eigenvalue weighted by molar-refractivity contribution is 7.89. The Morgan fingerprint density at radius 3 is 2.21 bits per heavy atom. The van der Waals surface area contributed by atoms with Gasteiger partial charge in [0, 0.05) is 12.1 Å². The molecule has 0 saturated carbocycles. The third kappa shape index (κ3) is 3.61. The van der Waals surface area contributed by atoms with Crippen molar-refractivity contribution in [2.45, 2.75) is 23.8 Å². The van der Waals surface area contributed by atoms with Crippen molar-refractivity contribution in [1.82, 2.24) is 4.31 Å². The predicted molar refractivity (Wildman–Crippen MR) is 103 cm³/mol. The number of hydrogen-bond donors (Lipinski definition) is 1. The van der Waals surface area contributed by atoms with Gasteiger partial charge in [-0.15, -0.1) is 0 Å². The second-order valence-electron chi connectivity index (χ2n) is 6.66. The second-order valence-corrected chi connectivity index (χ2v) is 8.52. The molecule has 29 heavy (non-hydrogen) atoms. The Morgan fingerprint density at radius 2 is 1.48 bits per heavy atom. The van der Waals surface area contributed by atoms with E-state index >= 15 is 0 Å². The van der Waals surface area contributed by atoms with Gasteiger partial charge in [-0.25, -0.2) is 8.42 Å². The van der Waals surface area contributed by atoms with Crippen LogP contribution in [0.5, 0.6) is 0 Å². The maximum atomic E-state index is 13.7. The maximum absolute atomic E-state index is 13.7. The largest absolute Gasteiger partial charge is 0.416 e. The standard InChI is InChI=1S/C21H17F3N2O2S/c22-21(23,24)17-11-5-4-10-16(17)20-25-18-12-6-7-13-19(18)29(27,28)26(20)14-15-8-2-1-3-9-15/h1-13,20,25H,14H2. The Bertz CT molecular complexity index is 1130. The fraction of sp³-hybridized carbons (Fsp3) is 0.143. The third-order valence-electron chi connectivity index (χ3n) is 4.80. The number of alkyl halides is 3. The van der Waals surface area contributed by atoms with Gasteiger partial charge in [-0.2, -0.15) is 17.5 Å². The Morgan fingerprint density at radius 1 is 0.862 bits per heavy atom. The monoisotopic (exact) mass is 418 g/mol. The van der Waals surface area contributed by atoms with Crippen LogP contribution in [-0.4, -0.2) is 12.7 Å². The number of benzene rings is 3. The number of nitrogens with one attached hydrogen (secondary N) is 1. The molecule has 1 unspecified atom stereocenters. The molecule has 0 saturated heterocycles. The van der Waals surface area contributed by atoms with E-state index in [4.69, 9.17) is 0 Å². The highest BCUT2D eigenvalue weighted by Gasteiger charge is 2.43. The van der Waals surface area contributed by atoms with Crippen LogP contribution in [0.15, 0.2) is 83.8 Å². The zero-order valence-corrected chi connectivity index (χ0v) is 15.9. The lowest BCUT2D eigenvalue weighted by Crippen LogP contribution is -2.42. The van der Waals surface area contributed by atoms with Gasteiger partial charge in [-0.3, -0.25) is 0 Å². The zero-order chi connectivity index (χ0) is 20.6. The smallest absolute Gasteiger partial charge is 0.364 e. The Hall–Kier alpha value is -2.84. The van der Waals surface area contributed by atoms with Crippen LogP contribution in [0.4, 0.5) is 18.9 Å². The molecule has 1 atom stereocenters. The fourth-order valence-corrected chi connectivity index (χ4v) is 5.13. The van der Waals surface area contributed by atoms with Crippen LogP contribution in [0, 0.1) is 0 Å². The molecule has 1 aliphatic rings. The molecule has 4 rings (SSSR count). The van der Waals surface area contributed by atoms with Crippen LogP contribution < -0.4 is 5.32 Å². The van der Waals surface area contributed by atoms with E-state index in [2.05, 4.69) is 5.32 Å². The van der Waals surface area contributed by atoms with Crippen molar-refractivity contribution in [2.75, 3.05) is 5.32 Å². The van der Waals surface area contributed by atoms with Gasteiger partial charge < -0.3 is 5.32 Å². The number of fused-ring (bicyclic) bond motifs is 1. The van der Waals surface area contributed by atoms with Gasteiger partial charge in [-0.1, -0.05) is 60.7 Å². The van der Waals surface area contributed by atoms with E-state index in [1.807, 2.05) is 0 Å². The lowest BCUT2D eigenvalue weighted by Gasteiger charge is -2.38. The van der Waals surface area contributed by atoms with Gasteiger partial charge >= 0.3 is 6.18 Å². The summed E-state index contributed by atoms with van der Waals surface area (Å²) in [6, 6.07) is 20.0. The van der Waals surface area contributed by atoms with Crippen LogP contribution in [0.1, 0.15) is 22.9 Å². The van der Waals surface area contributed by atoms with Crippen molar-refractivity contribution < 1.29 is 21.6 Å². The molecule has 0 bridgehead atoms. The van der Waals surface area contributed by atoms with Gasteiger partial charge in [0.1, 0.15) is 11.1 Å². The average molecular weight is 418 g/mol. The molecule has 1 aliphatic heterocycles.